The van der Waals surface area contributed by atoms with Crippen LogP contribution in [-0.4, -0.2) is 48.1 Å². The van der Waals surface area contributed by atoms with Gasteiger partial charge in [-0.2, -0.15) is 0 Å². The Morgan fingerprint density at radius 1 is 1.33 bits per heavy atom. The molecule has 174 valence electrons. The van der Waals surface area contributed by atoms with Gasteiger partial charge >= 0.3 is 0 Å². The Morgan fingerprint density at radius 3 is 3.03 bits per heavy atom. The Labute approximate surface area is 197 Å². The summed E-state index contributed by atoms with van der Waals surface area (Å²) in [5, 5.41) is 4.45. The van der Waals surface area contributed by atoms with E-state index in [1.165, 1.54) is 12.3 Å². The van der Waals surface area contributed by atoms with Gasteiger partial charge in [0.15, 0.2) is 0 Å². The lowest BCUT2D eigenvalue weighted by Gasteiger charge is -2.21. The molecule has 0 radical (unpaired) electrons. The number of benzene rings is 1. The number of ether oxygens (including phenoxy) is 1. The van der Waals surface area contributed by atoms with Crippen molar-refractivity contribution in [1.82, 2.24) is 14.8 Å². The number of nitrogens with two attached hydrogens (primary N) is 1. The lowest BCUT2D eigenvalue weighted by molar-refractivity contribution is 0.292. The molecule has 4 heterocycles. The van der Waals surface area contributed by atoms with E-state index >= 15 is 0 Å². The topological polar surface area (TPSA) is 72.5 Å². The monoisotopic (exact) mass is 468 g/mol. The van der Waals surface area contributed by atoms with E-state index in [0.717, 1.165) is 59.7 Å². The number of halogens is 1. The summed E-state index contributed by atoms with van der Waals surface area (Å²) in [5.74, 6) is 1.66. The first-order valence-electron chi connectivity index (χ1n) is 11.4. The quantitative estimate of drug-likeness (QED) is 0.651. The first-order chi connectivity index (χ1) is 16.0. The van der Waals surface area contributed by atoms with Gasteiger partial charge in [-0.05, 0) is 60.7 Å². The molecule has 0 saturated carbocycles. The lowest BCUT2D eigenvalue weighted by Crippen LogP contribution is -2.30. The van der Waals surface area contributed by atoms with Crippen molar-refractivity contribution in [2.45, 2.75) is 18.9 Å². The van der Waals surface area contributed by atoms with Crippen LogP contribution in [0.5, 0.6) is 0 Å². The zero-order chi connectivity index (χ0) is 22.9. The van der Waals surface area contributed by atoms with Crippen LogP contribution in [0.3, 0.4) is 0 Å². The van der Waals surface area contributed by atoms with E-state index in [4.69, 9.17) is 10.5 Å². The van der Waals surface area contributed by atoms with Crippen molar-refractivity contribution in [3.05, 3.63) is 81.1 Å². The van der Waals surface area contributed by atoms with Crippen molar-refractivity contribution in [3.8, 4) is 0 Å². The highest BCUT2D eigenvalue weighted by Crippen LogP contribution is 2.36. The number of hydrogen-bond acceptors (Lipinski definition) is 6. The molecule has 3 aliphatic heterocycles. The van der Waals surface area contributed by atoms with Crippen LogP contribution in [0.4, 0.5) is 4.39 Å². The van der Waals surface area contributed by atoms with Crippen molar-refractivity contribution >= 4 is 22.7 Å². The van der Waals surface area contributed by atoms with Crippen LogP contribution in [0.1, 0.15) is 17.9 Å². The van der Waals surface area contributed by atoms with E-state index in [9.17, 15) is 9.18 Å². The number of nitrogens with zero attached hydrogens (tertiary/aromatic N) is 2. The summed E-state index contributed by atoms with van der Waals surface area (Å²) in [6.45, 7) is 9.07. The van der Waals surface area contributed by atoms with E-state index in [0.29, 0.717) is 30.5 Å². The second-order valence-electron chi connectivity index (χ2n) is 9.03. The molecule has 0 bridgehead atoms. The van der Waals surface area contributed by atoms with Crippen molar-refractivity contribution < 1.29 is 9.13 Å². The predicted molar refractivity (Wildman–Crippen MR) is 131 cm³/mol. The molecule has 0 aliphatic carbocycles. The van der Waals surface area contributed by atoms with E-state index < -0.39 is 0 Å². The molecule has 2 saturated heterocycles. The Morgan fingerprint density at radius 2 is 2.18 bits per heavy atom. The molecule has 2 atom stereocenters. The first-order valence-corrected chi connectivity index (χ1v) is 12.3. The molecular weight excluding hydrogens is 439 g/mol. The van der Waals surface area contributed by atoms with Gasteiger partial charge in [-0.25, -0.2) is 4.39 Å². The second-order valence-corrected chi connectivity index (χ2v) is 9.99. The summed E-state index contributed by atoms with van der Waals surface area (Å²) in [6, 6.07) is 6.68. The molecule has 1 aromatic carbocycles. The minimum atomic E-state index is -0.201. The van der Waals surface area contributed by atoms with Crippen molar-refractivity contribution in [1.29, 1.82) is 0 Å². The Kier molecular flexibility index (Phi) is 6.32. The fourth-order valence-electron chi connectivity index (χ4n) is 5.20. The maximum atomic E-state index is 14.7. The van der Waals surface area contributed by atoms with Gasteiger partial charge in [0.05, 0.1) is 10.4 Å². The fourth-order valence-corrected chi connectivity index (χ4v) is 6.03. The Balaban J connectivity index is 1.14. The van der Waals surface area contributed by atoms with Gasteiger partial charge in [0.1, 0.15) is 17.5 Å². The number of nitrogens with one attached hydrogen (secondary N) is 1. The van der Waals surface area contributed by atoms with Gasteiger partial charge in [-0.3, -0.25) is 4.79 Å². The van der Waals surface area contributed by atoms with Gasteiger partial charge in [-0.15, -0.1) is 0 Å². The van der Waals surface area contributed by atoms with Crippen LogP contribution in [0, 0.1) is 11.7 Å². The number of rotatable bonds is 7. The standard InChI is InChI=1S/C25H29FN4O2S/c1-16(8-22-21(9-27)32-15-33-22)10-28-11-17-6-7-29(12-17)13-19-14-30-23(31)5-3-18-2-4-20(26)24(19)25(18)30/h2-5,8-9,17,19,28H,1,6-7,10-15,27H2/b21-9+,22-8+. The van der Waals surface area contributed by atoms with Crippen LogP contribution in [0.2, 0.25) is 0 Å². The third-order valence-electron chi connectivity index (χ3n) is 6.74. The number of aromatic nitrogens is 1. The minimum absolute atomic E-state index is 0.0119. The maximum absolute atomic E-state index is 14.7. The number of likely N-dealkylation sites (tertiary alicyclic amines) is 1. The van der Waals surface area contributed by atoms with Gasteiger partial charge in [0.2, 0.25) is 0 Å². The zero-order valence-corrected chi connectivity index (χ0v) is 19.4. The van der Waals surface area contributed by atoms with Gasteiger partial charge in [0, 0.05) is 49.9 Å². The van der Waals surface area contributed by atoms with Gasteiger partial charge in [-0.1, -0.05) is 18.3 Å². The average Bonchev–Trinajstić information content (AvgIpc) is 3.53. The zero-order valence-electron chi connectivity index (χ0n) is 18.6. The summed E-state index contributed by atoms with van der Waals surface area (Å²) in [7, 11) is 0. The summed E-state index contributed by atoms with van der Waals surface area (Å²) in [6.07, 6.45) is 4.63. The lowest BCUT2D eigenvalue weighted by atomic mass is 9.98. The first kappa shape index (κ1) is 22.3. The molecule has 1 aromatic heterocycles. The summed E-state index contributed by atoms with van der Waals surface area (Å²) in [5.41, 5.74) is 8.01. The largest absolute Gasteiger partial charge is 0.480 e. The van der Waals surface area contributed by atoms with E-state index in [1.807, 2.05) is 6.08 Å². The van der Waals surface area contributed by atoms with Crippen LogP contribution >= 0.6 is 11.8 Å². The maximum Gasteiger partial charge on any atom is 0.251 e. The highest BCUT2D eigenvalue weighted by Gasteiger charge is 2.32. The van der Waals surface area contributed by atoms with E-state index in [2.05, 4.69) is 16.8 Å². The number of hydrogen-bond donors (Lipinski definition) is 2. The van der Waals surface area contributed by atoms with Crippen molar-refractivity contribution in [3.63, 3.8) is 0 Å². The summed E-state index contributed by atoms with van der Waals surface area (Å²) >= 11 is 1.62. The molecule has 0 spiro atoms. The van der Waals surface area contributed by atoms with Crippen molar-refractivity contribution in [2.75, 3.05) is 38.7 Å². The van der Waals surface area contributed by atoms with E-state index in [-0.39, 0.29) is 17.3 Å². The highest BCUT2D eigenvalue weighted by molar-refractivity contribution is 8.03. The van der Waals surface area contributed by atoms with Crippen LogP contribution in [0.25, 0.3) is 10.9 Å². The summed E-state index contributed by atoms with van der Waals surface area (Å²) < 4.78 is 21.9. The third-order valence-corrected chi connectivity index (χ3v) is 7.61. The fraction of sp³-hybridized carbons (Fsp3) is 0.400. The SMILES string of the molecule is C=C(/C=C1/SCO/C1=C/N)CNCC1CCN(CC2Cn3c(=O)ccc4ccc(F)c2c43)C1. The Hall–Kier alpha value is -2.55. The third kappa shape index (κ3) is 4.47. The normalized spacial score (nSPS) is 24.9. The molecule has 33 heavy (non-hydrogen) atoms. The van der Waals surface area contributed by atoms with Crippen LogP contribution < -0.4 is 16.6 Å². The molecular formula is C25H29FN4O2S. The average molecular weight is 469 g/mol. The molecule has 3 aliphatic rings. The van der Waals surface area contributed by atoms with Crippen LogP contribution in [-0.2, 0) is 11.3 Å². The predicted octanol–water partition coefficient (Wildman–Crippen LogP) is 3.11. The molecule has 6 nitrogen and oxygen atoms in total. The van der Waals surface area contributed by atoms with Gasteiger partial charge in [0.25, 0.3) is 5.56 Å². The molecule has 2 fully saturated rings. The van der Waals surface area contributed by atoms with Crippen LogP contribution in [0.15, 0.2) is 64.2 Å². The second kappa shape index (κ2) is 9.37. The Bertz CT molecular complexity index is 1200. The van der Waals surface area contributed by atoms with Crippen molar-refractivity contribution in [2.24, 2.45) is 11.7 Å². The molecule has 2 unspecified atom stereocenters. The van der Waals surface area contributed by atoms with E-state index in [1.54, 1.807) is 34.5 Å². The number of pyridine rings is 1. The molecule has 0 amide bonds. The number of thioether (sulfide) groups is 1. The molecule has 2 aromatic rings. The van der Waals surface area contributed by atoms with Gasteiger partial charge < -0.3 is 25.3 Å². The smallest absolute Gasteiger partial charge is 0.251 e. The minimum Gasteiger partial charge on any atom is -0.480 e. The molecule has 5 rings (SSSR count). The summed E-state index contributed by atoms with van der Waals surface area (Å²) in [4.78, 5) is 15.8. The highest BCUT2D eigenvalue weighted by atomic mass is 32.2. The molecule has 3 N–H and O–H groups in total. The molecule has 8 heteroatoms.